The lowest BCUT2D eigenvalue weighted by Crippen LogP contribution is -2.30. The number of unbranched alkanes of at least 4 members (excludes halogenated alkanes) is 54. The maximum Gasteiger partial charge on any atom is 0.472 e. The lowest BCUT2D eigenvalue weighted by molar-refractivity contribution is -0.161. The summed E-state index contributed by atoms with van der Waals surface area (Å²) in [5.74, 6) is -1.36. The van der Waals surface area contributed by atoms with Gasteiger partial charge in [-0.25, -0.2) is 9.13 Å². The number of phosphoric ester groups is 2. The highest BCUT2D eigenvalue weighted by Gasteiger charge is 2.30. The second-order valence-corrected chi connectivity index (χ2v) is 32.9. The molecule has 0 bridgehead atoms. The predicted octanol–water partition coefficient (Wildman–Crippen LogP) is 24.8. The van der Waals surface area contributed by atoms with Crippen LogP contribution in [0, 0.1) is 5.92 Å². The van der Waals surface area contributed by atoms with Crippen molar-refractivity contribution in [3.05, 3.63) is 0 Å². The first-order chi connectivity index (χ1) is 49.0. The summed E-state index contributed by atoms with van der Waals surface area (Å²) in [6.45, 7) is 7.32. The van der Waals surface area contributed by atoms with Gasteiger partial charge in [0, 0.05) is 25.7 Å². The number of aliphatic hydroxyl groups is 1. The average molecular weight is 1480 g/mol. The summed E-state index contributed by atoms with van der Waals surface area (Å²) in [7, 11) is -9.92. The molecule has 0 heterocycles. The van der Waals surface area contributed by atoms with Crippen molar-refractivity contribution in [2.75, 3.05) is 39.6 Å². The van der Waals surface area contributed by atoms with Crippen molar-refractivity contribution in [1.29, 1.82) is 0 Å². The Balaban J connectivity index is 5.25. The fourth-order valence-corrected chi connectivity index (χ4v) is 14.3. The zero-order chi connectivity index (χ0) is 74.1. The van der Waals surface area contributed by atoms with E-state index in [-0.39, 0.29) is 25.7 Å². The molecule has 0 rings (SSSR count). The topological polar surface area (TPSA) is 237 Å². The molecule has 0 radical (unpaired) electrons. The Morgan fingerprint density at radius 2 is 0.455 bits per heavy atom. The van der Waals surface area contributed by atoms with E-state index in [9.17, 15) is 43.2 Å². The third-order valence-electron chi connectivity index (χ3n) is 19.3. The zero-order valence-electron chi connectivity index (χ0n) is 66.1. The number of phosphoric acid groups is 2. The minimum Gasteiger partial charge on any atom is -0.462 e. The Morgan fingerprint density at radius 3 is 0.673 bits per heavy atom. The molecule has 2 unspecified atom stereocenters. The molecular weight excluding hydrogens is 1320 g/mol. The number of esters is 4. The maximum atomic E-state index is 13.1. The van der Waals surface area contributed by atoms with Crippen LogP contribution >= 0.6 is 15.6 Å². The Labute approximate surface area is 619 Å². The van der Waals surface area contributed by atoms with Crippen molar-refractivity contribution < 1.29 is 80.2 Å². The van der Waals surface area contributed by atoms with Crippen LogP contribution in [0.2, 0.25) is 0 Å². The lowest BCUT2D eigenvalue weighted by Gasteiger charge is -2.21. The number of rotatable bonds is 82. The number of carbonyl (C=O) groups is 4. The average Bonchev–Trinajstić information content (AvgIpc) is 0.945. The monoisotopic (exact) mass is 1480 g/mol. The van der Waals surface area contributed by atoms with Crippen LogP contribution in [0.1, 0.15) is 439 Å². The smallest absolute Gasteiger partial charge is 0.462 e. The van der Waals surface area contributed by atoms with Crippen molar-refractivity contribution in [3.63, 3.8) is 0 Å². The van der Waals surface area contributed by atoms with Crippen LogP contribution in [0.25, 0.3) is 0 Å². The third-order valence-corrected chi connectivity index (χ3v) is 21.2. The van der Waals surface area contributed by atoms with Gasteiger partial charge in [-0.05, 0) is 31.6 Å². The summed E-state index contributed by atoms with van der Waals surface area (Å²) in [6, 6.07) is 0. The molecule has 0 aromatic carbocycles. The molecule has 5 atom stereocenters. The number of carbonyl (C=O) groups excluding carboxylic acids is 4. The van der Waals surface area contributed by atoms with Crippen LogP contribution in [0.5, 0.6) is 0 Å². The van der Waals surface area contributed by atoms with Gasteiger partial charge in [0.25, 0.3) is 0 Å². The van der Waals surface area contributed by atoms with E-state index >= 15 is 0 Å². The lowest BCUT2D eigenvalue weighted by atomic mass is 10.0. The van der Waals surface area contributed by atoms with Gasteiger partial charge in [-0.15, -0.1) is 0 Å². The van der Waals surface area contributed by atoms with Gasteiger partial charge in [-0.1, -0.05) is 388 Å². The van der Waals surface area contributed by atoms with Crippen molar-refractivity contribution in [3.8, 4) is 0 Å². The Bertz CT molecular complexity index is 1930. The van der Waals surface area contributed by atoms with Gasteiger partial charge in [0.05, 0.1) is 26.4 Å². The first kappa shape index (κ1) is 99.1. The fourth-order valence-electron chi connectivity index (χ4n) is 12.8. The summed E-state index contributed by atoms with van der Waals surface area (Å²) in [5.41, 5.74) is 0. The molecule has 0 aliphatic heterocycles. The quantitative estimate of drug-likeness (QED) is 0.0222. The van der Waals surface area contributed by atoms with Gasteiger partial charge in [-0.2, -0.15) is 0 Å². The molecule has 0 saturated carbocycles. The van der Waals surface area contributed by atoms with E-state index in [1.165, 1.54) is 263 Å². The molecule has 0 spiro atoms. The SMILES string of the molecule is CCCCCCCCCCCCCCCCCCCCCC(=O)O[C@H](COC(=O)CCCCCCCCCCCCCCCCCCC)COP(=O)(O)OC[C@@H](O)COP(=O)(O)OC[C@@H](COC(=O)CCCCCCCCCCCC(C)C)OC(=O)CCCCCCCCCCCCCCC. The number of aliphatic hydroxyl groups excluding tert-OH is 1. The molecule has 0 saturated heterocycles. The van der Waals surface area contributed by atoms with Crippen molar-refractivity contribution >= 4 is 39.5 Å². The second-order valence-electron chi connectivity index (χ2n) is 30.0. The van der Waals surface area contributed by atoms with Crippen molar-refractivity contribution in [2.45, 2.75) is 457 Å². The zero-order valence-corrected chi connectivity index (χ0v) is 67.8. The Kier molecular flexibility index (Phi) is 73.5. The standard InChI is InChI=1S/C82H160O17P2/c1-6-9-12-15-18-21-24-27-29-31-32-34-36-39-42-47-53-58-63-68-82(87)98-77(71-92-79(84)65-60-55-50-45-40-38-35-33-30-28-25-22-19-16-13-10-7-2)73-96-100(88,89)94-69-76(83)70-95-101(90,91)97-74-78(72-93-80(85)66-61-56-51-48-43-44-49-54-59-64-75(4)5)99-81(86)67-62-57-52-46-41-37-26-23-20-17-14-11-8-3/h75-78,83H,6-74H2,1-5H3,(H,88,89)(H,90,91)/t76-,77-,78-/m1/s1. The van der Waals surface area contributed by atoms with Gasteiger partial charge in [0.2, 0.25) is 0 Å². The van der Waals surface area contributed by atoms with Crippen LogP contribution in [0.15, 0.2) is 0 Å². The summed E-state index contributed by atoms with van der Waals surface area (Å²) in [4.78, 5) is 73.1. The Hall–Kier alpha value is -1.94. The predicted molar refractivity (Wildman–Crippen MR) is 414 cm³/mol. The summed E-state index contributed by atoms with van der Waals surface area (Å²) in [6.07, 6.45) is 66.6. The number of hydrogen-bond acceptors (Lipinski definition) is 15. The molecule has 17 nitrogen and oxygen atoms in total. The van der Waals surface area contributed by atoms with Crippen molar-refractivity contribution in [2.24, 2.45) is 5.92 Å². The van der Waals surface area contributed by atoms with E-state index in [0.717, 1.165) is 95.8 Å². The van der Waals surface area contributed by atoms with E-state index < -0.39 is 97.5 Å². The van der Waals surface area contributed by atoms with Crippen LogP contribution < -0.4 is 0 Å². The molecule has 600 valence electrons. The van der Waals surface area contributed by atoms with Gasteiger partial charge in [0.1, 0.15) is 19.3 Å². The minimum atomic E-state index is -4.96. The normalized spacial score (nSPS) is 13.8. The van der Waals surface area contributed by atoms with Gasteiger partial charge < -0.3 is 33.8 Å². The molecule has 0 aliphatic rings. The highest BCUT2D eigenvalue weighted by molar-refractivity contribution is 7.47. The van der Waals surface area contributed by atoms with Gasteiger partial charge in [0.15, 0.2) is 12.2 Å². The molecule has 3 N–H and O–H groups in total. The van der Waals surface area contributed by atoms with E-state index in [0.29, 0.717) is 25.7 Å². The van der Waals surface area contributed by atoms with E-state index in [2.05, 4.69) is 34.6 Å². The largest absolute Gasteiger partial charge is 0.472 e. The van der Waals surface area contributed by atoms with Crippen LogP contribution in [0.3, 0.4) is 0 Å². The molecular formula is C82H160O17P2. The first-order valence-corrected chi connectivity index (χ1v) is 45.6. The number of ether oxygens (including phenoxy) is 4. The van der Waals surface area contributed by atoms with Crippen molar-refractivity contribution in [1.82, 2.24) is 0 Å². The maximum absolute atomic E-state index is 13.1. The molecule has 0 aliphatic carbocycles. The fraction of sp³-hybridized carbons (Fsp3) is 0.951. The minimum absolute atomic E-state index is 0.108. The van der Waals surface area contributed by atoms with Gasteiger partial charge in [-0.3, -0.25) is 37.3 Å². The number of hydrogen-bond donors (Lipinski definition) is 3. The molecule has 0 aromatic rings. The van der Waals surface area contributed by atoms with Crippen LogP contribution in [-0.2, 0) is 65.4 Å². The van der Waals surface area contributed by atoms with E-state index in [1.807, 2.05) is 0 Å². The third kappa shape index (κ3) is 76.1. The molecule has 19 heteroatoms. The Morgan fingerprint density at radius 1 is 0.267 bits per heavy atom. The molecule has 0 fully saturated rings. The summed E-state index contributed by atoms with van der Waals surface area (Å²) in [5, 5.41) is 10.7. The molecule has 101 heavy (non-hydrogen) atoms. The molecule has 0 amide bonds. The van der Waals surface area contributed by atoms with Gasteiger partial charge >= 0.3 is 39.5 Å². The second kappa shape index (κ2) is 74.9. The highest BCUT2D eigenvalue weighted by atomic mass is 31.2. The summed E-state index contributed by atoms with van der Waals surface area (Å²) < 4.78 is 68.8. The van der Waals surface area contributed by atoms with E-state index in [1.54, 1.807) is 0 Å². The summed E-state index contributed by atoms with van der Waals surface area (Å²) >= 11 is 0. The highest BCUT2D eigenvalue weighted by Crippen LogP contribution is 2.45. The molecule has 0 aromatic heterocycles. The van der Waals surface area contributed by atoms with Crippen LogP contribution in [0.4, 0.5) is 0 Å². The first-order valence-electron chi connectivity index (χ1n) is 42.6. The van der Waals surface area contributed by atoms with E-state index in [4.69, 9.17) is 37.0 Å². The van der Waals surface area contributed by atoms with Crippen LogP contribution in [-0.4, -0.2) is 96.7 Å².